The molecule has 1 aromatic heterocycles. The number of benzene rings is 1. The van der Waals surface area contributed by atoms with Crippen LogP contribution in [0, 0.1) is 23.2 Å². The highest BCUT2D eigenvalue weighted by atomic mass is 16.2. The molecule has 2 heterocycles. The molecule has 31 heavy (non-hydrogen) atoms. The second-order valence-electron chi connectivity index (χ2n) is 10.4. The highest BCUT2D eigenvalue weighted by molar-refractivity contribution is 5.79. The maximum Gasteiger partial charge on any atom is 0.237 e. The van der Waals surface area contributed by atoms with Crippen molar-refractivity contribution in [1.82, 2.24) is 14.8 Å². The molecule has 5 fully saturated rings. The number of amides is 1. The quantitative estimate of drug-likeness (QED) is 0.810. The van der Waals surface area contributed by atoms with Gasteiger partial charge in [-0.05, 0) is 92.0 Å². The lowest BCUT2D eigenvalue weighted by molar-refractivity contribution is -0.130. The lowest BCUT2D eigenvalue weighted by Crippen LogP contribution is -2.52. The Kier molecular flexibility index (Phi) is 4.30. The fourth-order valence-corrected chi connectivity index (χ4v) is 7.56. The van der Waals surface area contributed by atoms with E-state index in [0.717, 1.165) is 31.7 Å². The monoisotopic (exact) mass is 414 g/mol. The van der Waals surface area contributed by atoms with Gasteiger partial charge in [-0.25, -0.2) is 0 Å². The second-order valence-corrected chi connectivity index (χ2v) is 10.4. The largest absolute Gasteiger partial charge is 0.326 e. The molecule has 4 unspecified atom stereocenters. The summed E-state index contributed by atoms with van der Waals surface area (Å²) in [7, 11) is 0. The molecule has 5 nitrogen and oxygen atoms in total. The maximum atomic E-state index is 12.9. The van der Waals surface area contributed by atoms with E-state index in [1.54, 1.807) is 4.90 Å². The minimum Gasteiger partial charge on any atom is -0.326 e. The summed E-state index contributed by atoms with van der Waals surface area (Å²) in [6.07, 6.45) is 12.1. The van der Waals surface area contributed by atoms with Gasteiger partial charge in [0, 0.05) is 30.2 Å². The second kappa shape index (κ2) is 6.97. The van der Waals surface area contributed by atoms with Gasteiger partial charge >= 0.3 is 0 Å². The predicted octanol–water partition coefficient (Wildman–Crippen LogP) is 3.78. The molecule has 0 radical (unpaired) electrons. The van der Waals surface area contributed by atoms with E-state index in [-0.39, 0.29) is 22.9 Å². The highest BCUT2D eigenvalue weighted by Crippen LogP contribution is 2.66. The lowest BCUT2D eigenvalue weighted by Gasteiger charge is -2.42. The van der Waals surface area contributed by atoms with Gasteiger partial charge in [0.05, 0.1) is 12.6 Å². The van der Waals surface area contributed by atoms with Crippen LogP contribution in [0.15, 0.2) is 48.8 Å². The Labute approximate surface area is 184 Å². The molecule has 5 atom stereocenters. The van der Waals surface area contributed by atoms with Crippen LogP contribution in [0.5, 0.6) is 0 Å². The number of aromatic nitrogens is 1. The standard InChI is InChI=1S/C26H30N4O/c27-16-23-4-3-11-30(23)24(31)17-28-26-14-19-12-21(26)15-25(13-19,18-26)20-5-7-22(8-6-20)29-9-1-2-10-29/h1-2,5-10,19,21,23,28H,3-4,11-15,17-18H2/t19?,21?,23-,25?,26?/m0/s1. The van der Waals surface area contributed by atoms with Crippen LogP contribution in [0.2, 0.25) is 0 Å². The number of hydrogen-bond donors (Lipinski definition) is 1. The normalized spacial score (nSPS) is 35.6. The van der Waals surface area contributed by atoms with Crippen molar-refractivity contribution in [3.8, 4) is 11.8 Å². The van der Waals surface area contributed by atoms with E-state index in [4.69, 9.17) is 0 Å². The number of hydrogen-bond acceptors (Lipinski definition) is 3. The SMILES string of the molecule is N#C[C@@H]1CCCN1C(=O)CNC12CC3CC1CC(c1ccc(-n4cccc4)cc1)(C3)C2. The van der Waals surface area contributed by atoms with Crippen molar-refractivity contribution in [3.63, 3.8) is 0 Å². The van der Waals surface area contributed by atoms with Gasteiger partial charge in [0.15, 0.2) is 0 Å². The zero-order valence-electron chi connectivity index (χ0n) is 18.0. The summed E-state index contributed by atoms with van der Waals surface area (Å²) < 4.78 is 2.15. The van der Waals surface area contributed by atoms with Crippen LogP contribution in [-0.2, 0) is 10.2 Å². The summed E-state index contributed by atoms with van der Waals surface area (Å²) in [5.41, 5.74) is 3.02. The van der Waals surface area contributed by atoms with Crippen molar-refractivity contribution in [3.05, 3.63) is 54.4 Å². The number of rotatable bonds is 5. The van der Waals surface area contributed by atoms with E-state index in [0.29, 0.717) is 12.5 Å². The molecule has 0 spiro atoms. The van der Waals surface area contributed by atoms with Gasteiger partial charge in [-0.2, -0.15) is 5.26 Å². The molecular formula is C26H30N4O. The number of nitrogens with one attached hydrogen (secondary N) is 1. The Bertz CT molecular complexity index is 1020. The third-order valence-electron chi connectivity index (χ3n) is 8.72. The van der Waals surface area contributed by atoms with E-state index in [1.807, 2.05) is 0 Å². The van der Waals surface area contributed by atoms with E-state index in [9.17, 15) is 10.1 Å². The fraction of sp³-hybridized carbons (Fsp3) is 0.538. The Hall–Kier alpha value is -2.58. The molecule has 4 saturated carbocycles. The van der Waals surface area contributed by atoms with Crippen LogP contribution in [0.25, 0.3) is 5.69 Å². The smallest absolute Gasteiger partial charge is 0.237 e. The van der Waals surface area contributed by atoms with Crippen LogP contribution in [0.1, 0.15) is 50.5 Å². The van der Waals surface area contributed by atoms with Crippen LogP contribution in [0.4, 0.5) is 0 Å². The van der Waals surface area contributed by atoms with Crippen LogP contribution < -0.4 is 5.32 Å². The number of nitrogens with zero attached hydrogens (tertiary/aromatic N) is 3. The molecule has 1 amide bonds. The summed E-state index contributed by atoms with van der Waals surface area (Å²) in [5, 5.41) is 13.1. The van der Waals surface area contributed by atoms with Crippen molar-refractivity contribution < 1.29 is 4.79 Å². The summed E-state index contributed by atoms with van der Waals surface area (Å²) >= 11 is 0. The van der Waals surface area contributed by atoms with E-state index in [1.165, 1.54) is 36.9 Å². The minimum absolute atomic E-state index is 0.0968. The van der Waals surface area contributed by atoms with E-state index >= 15 is 0 Å². The average molecular weight is 415 g/mol. The van der Waals surface area contributed by atoms with Gasteiger partial charge in [0.1, 0.15) is 6.04 Å². The molecule has 1 aromatic carbocycles. The molecule has 1 N–H and O–H groups in total. The van der Waals surface area contributed by atoms with Crippen LogP contribution in [0.3, 0.4) is 0 Å². The maximum absolute atomic E-state index is 12.9. The third-order valence-corrected chi connectivity index (χ3v) is 8.72. The first-order valence-electron chi connectivity index (χ1n) is 11.8. The van der Waals surface area contributed by atoms with E-state index in [2.05, 4.69) is 64.7 Å². The van der Waals surface area contributed by atoms with Crippen molar-refractivity contribution in [1.29, 1.82) is 5.26 Å². The van der Waals surface area contributed by atoms with Gasteiger partial charge < -0.3 is 14.8 Å². The summed E-state index contributed by atoms with van der Waals surface area (Å²) in [6, 6.07) is 15.3. The molecule has 7 rings (SSSR count). The Morgan fingerprint density at radius 2 is 1.97 bits per heavy atom. The molecule has 1 aliphatic heterocycles. The van der Waals surface area contributed by atoms with Crippen LogP contribution >= 0.6 is 0 Å². The predicted molar refractivity (Wildman–Crippen MR) is 119 cm³/mol. The Balaban J connectivity index is 1.20. The Morgan fingerprint density at radius 1 is 1.16 bits per heavy atom. The first kappa shape index (κ1) is 19.1. The molecule has 2 aromatic rings. The lowest BCUT2D eigenvalue weighted by atomic mass is 9.65. The summed E-state index contributed by atoms with van der Waals surface area (Å²) in [5.74, 6) is 1.53. The fourth-order valence-electron chi connectivity index (χ4n) is 7.56. The number of carbonyl (C=O) groups excluding carboxylic acids is 1. The van der Waals surface area contributed by atoms with Gasteiger partial charge in [-0.1, -0.05) is 12.1 Å². The molecule has 4 aliphatic carbocycles. The van der Waals surface area contributed by atoms with Crippen molar-refractivity contribution in [2.45, 2.75) is 61.9 Å². The highest BCUT2D eigenvalue weighted by Gasteiger charge is 2.64. The zero-order valence-corrected chi connectivity index (χ0v) is 18.0. The van der Waals surface area contributed by atoms with Gasteiger partial charge in [-0.15, -0.1) is 0 Å². The molecule has 5 heteroatoms. The third kappa shape index (κ3) is 2.96. The zero-order chi connectivity index (χ0) is 21.1. The van der Waals surface area contributed by atoms with Gasteiger partial charge in [0.2, 0.25) is 5.91 Å². The van der Waals surface area contributed by atoms with Crippen molar-refractivity contribution in [2.75, 3.05) is 13.1 Å². The van der Waals surface area contributed by atoms with Crippen molar-refractivity contribution >= 4 is 5.91 Å². The first-order chi connectivity index (χ1) is 15.1. The topological polar surface area (TPSA) is 61.1 Å². The van der Waals surface area contributed by atoms with Crippen molar-refractivity contribution in [2.24, 2.45) is 11.8 Å². The number of carbonyl (C=O) groups is 1. The molecular weight excluding hydrogens is 384 g/mol. The summed E-state index contributed by atoms with van der Waals surface area (Å²) in [6.45, 7) is 1.11. The molecule has 1 saturated heterocycles. The molecule has 5 aliphatic rings. The van der Waals surface area contributed by atoms with Gasteiger partial charge in [0.25, 0.3) is 0 Å². The molecule has 4 bridgehead atoms. The van der Waals surface area contributed by atoms with Crippen LogP contribution in [-0.4, -0.2) is 40.0 Å². The molecule has 160 valence electrons. The first-order valence-corrected chi connectivity index (χ1v) is 11.8. The van der Waals surface area contributed by atoms with E-state index < -0.39 is 0 Å². The minimum atomic E-state index is -0.228. The number of likely N-dealkylation sites (tertiary alicyclic amines) is 1. The number of nitriles is 1. The summed E-state index contributed by atoms with van der Waals surface area (Å²) in [4.78, 5) is 14.6. The van der Waals surface area contributed by atoms with Gasteiger partial charge in [-0.3, -0.25) is 4.79 Å². The Morgan fingerprint density at radius 3 is 2.74 bits per heavy atom. The average Bonchev–Trinajstić information content (AvgIpc) is 3.55.